The van der Waals surface area contributed by atoms with Crippen molar-refractivity contribution in [2.45, 2.75) is 13.0 Å². The zero-order valence-electron chi connectivity index (χ0n) is 9.69. The van der Waals surface area contributed by atoms with E-state index in [9.17, 15) is 5.11 Å². The molecule has 0 bridgehead atoms. The molecule has 0 aliphatic heterocycles. The molecule has 0 saturated carbocycles. The lowest BCUT2D eigenvalue weighted by atomic mass is 9.98. The molecule has 0 aliphatic rings. The number of rotatable bonds is 2. The van der Waals surface area contributed by atoms with E-state index in [0.717, 1.165) is 10.0 Å². The zero-order valence-corrected chi connectivity index (χ0v) is 12.0. The summed E-state index contributed by atoms with van der Waals surface area (Å²) in [5.74, 6) is 0.318. The molecular weight excluding hydrogens is 316 g/mol. The van der Waals surface area contributed by atoms with E-state index >= 15 is 0 Å². The summed E-state index contributed by atoms with van der Waals surface area (Å²) in [4.78, 5) is 4.00. The fourth-order valence-corrected chi connectivity index (χ4v) is 2.43. The number of pyridine rings is 1. The van der Waals surface area contributed by atoms with Gasteiger partial charge in [0.1, 0.15) is 11.9 Å². The van der Waals surface area contributed by atoms with Gasteiger partial charge in [0.15, 0.2) is 0 Å². The van der Waals surface area contributed by atoms with Gasteiger partial charge >= 0.3 is 0 Å². The Morgan fingerprint density at radius 2 is 2.11 bits per heavy atom. The minimum absolute atomic E-state index is 0.318. The molecule has 3 N–H and O–H groups in total. The summed E-state index contributed by atoms with van der Waals surface area (Å²) >= 11 is 9.46. The molecule has 2 aromatic rings. The monoisotopic (exact) mass is 326 g/mol. The minimum Gasteiger partial charge on any atom is -0.383 e. The van der Waals surface area contributed by atoms with E-state index in [4.69, 9.17) is 17.3 Å². The molecule has 5 heteroatoms. The van der Waals surface area contributed by atoms with Crippen LogP contribution in [0.4, 0.5) is 5.82 Å². The average Bonchev–Trinajstić information content (AvgIpc) is 2.32. The van der Waals surface area contributed by atoms with Crippen molar-refractivity contribution in [2.24, 2.45) is 0 Å². The van der Waals surface area contributed by atoms with Crippen molar-refractivity contribution in [3.05, 3.63) is 56.6 Å². The van der Waals surface area contributed by atoms with Gasteiger partial charge in [-0.15, -0.1) is 0 Å². The van der Waals surface area contributed by atoms with Crippen LogP contribution in [0.2, 0.25) is 5.02 Å². The quantitative estimate of drug-likeness (QED) is 0.888. The highest BCUT2D eigenvalue weighted by atomic mass is 79.9. The third kappa shape index (κ3) is 2.51. The van der Waals surface area contributed by atoms with Gasteiger partial charge < -0.3 is 10.8 Å². The van der Waals surface area contributed by atoms with E-state index in [1.165, 1.54) is 0 Å². The Hall–Kier alpha value is -1.10. The summed E-state index contributed by atoms with van der Waals surface area (Å²) in [6.45, 7) is 1.88. The standard InChI is InChI=1S/C13H12BrClN2O/c1-7-4-5-17-13(16)11(7)12(18)9-6-8(14)2-3-10(9)15/h2-6,12,18H,1H3,(H2,16,17). The van der Waals surface area contributed by atoms with Crippen molar-refractivity contribution in [1.82, 2.24) is 4.98 Å². The van der Waals surface area contributed by atoms with Crippen LogP contribution in [0.25, 0.3) is 0 Å². The molecule has 0 spiro atoms. The highest BCUT2D eigenvalue weighted by Gasteiger charge is 2.19. The third-order valence-corrected chi connectivity index (χ3v) is 3.60. The molecule has 0 amide bonds. The molecule has 1 unspecified atom stereocenters. The van der Waals surface area contributed by atoms with E-state index in [0.29, 0.717) is 22.0 Å². The number of aromatic nitrogens is 1. The maximum absolute atomic E-state index is 10.4. The maximum Gasteiger partial charge on any atom is 0.129 e. The van der Waals surface area contributed by atoms with E-state index in [2.05, 4.69) is 20.9 Å². The van der Waals surface area contributed by atoms with Crippen molar-refractivity contribution in [3.8, 4) is 0 Å². The van der Waals surface area contributed by atoms with Crippen molar-refractivity contribution in [3.63, 3.8) is 0 Å². The normalized spacial score (nSPS) is 12.4. The number of hydrogen-bond donors (Lipinski definition) is 2. The second-order valence-electron chi connectivity index (χ2n) is 4.00. The summed E-state index contributed by atoms with van der Waals surface area (Å²) in [7, 11) is 0. The van der Waals surface area contributed by atoms with E-state index < -0.39 is 6.10 Å². The summed E-state index contributed by atoms with van der Waals surface area (Å²) < 4.78 is 0.848. The molecule has 2 rings (SSSR count). The van der Waals surface area contributed by atoms with Crippen LogP contribution >= 0.6 is 27.5 Å². The average molecular weight is 328 g/mol. The second-order valence-corrected chi connectivity index (χ2v) is 5.32. The first-order chi connectivity index (χ1) is 8.50. The molecule has 0 saturated heterocycles. The molecule has 1 atom stereocenters. The Labute approximate surface area is 119 Å². The van der Waals surface area contributed by atoms with Gasteiger partial charge in [0.25, 0.3) is 0 Å². The molecule has 18 heavy (non-hydrogen) atoms. The third-order valence-electron chi connectivity index (χ3n) is 2.77. The smallest absolute Gasteiger partial charge is 0.129 e. The van der Waals surface area contributed by atoms with Gasteiger partial charge in [0, 0.05) is 26.8 Å². The summed E-state index contributed by atoms with van der Waals surface area (Å²) in [6.07, 6.45) is 0.729. The van der Waals surface area contributed by atoms with Crippen molar-refractivity contribution < 1.29 is 5.11 Å². The number of halogens is 2. The summed E-state index contributed by atoms with van der Waals surface area (Å²) in [6, 6.07) is 7.13. The second kappa shape index (κ2) is 5.26. The maximum atomic E-state index is 10.4. The topological polar surface area (TPSA) is 59.1 Å². The van der Waals surface area contributed by atoms with Gasteiger partial charge in [-0.05, 0) is 36.8 Å². The highest BCUT2D eigenvalue weighted by molar-refractivity contribution is 9.10. The minimum atomic E-state index is -0.885. The van der Waals surface area contributed by atoms with Crippen molar-refractivity contribution >= 4 is 33.3 Å². The van der Waals surface area contributed by atoms with Gasteiger partial charge in [-0.2, -0.15) is 0 Å². The number of anilines is 1. The number of nitrogen functional groups attached to an aromatic ring is 1. The van der Waals surface area contributed by atoms with Crippen LogP contribution in [-0.2, 0) is 0 Å². The highest BCUT2D eigenvalue weighted by Crippen LogP contribution is 2.33. The lowest BCUT2D eigenvalue weighted by molar-refractivity contribution is 0.220. The largest absolute Gasteiger partial charge is 0.383 e. The first-order valence-electron chi connectivity index (χ1n) is 5.34. The molecule has 0 aliphatic carbocycles. The van der Waals surface area contributed by atoms with Crippen LogP contribution in [0.5, 0.6) is 0 Å². The van der Waals surface area contributed by atoms with E-state index in [1.807, 2.05) is 13.0 Å². The van der Waals surface area contributed by atoms with Gasteiger partial charge in [-0.1, -0.05) is 27.5 Å². The Morgan fingerprint density at radius 3 is 2.78 bits per heavy atom. The fraction of sp³-hybridized carbons (Fsp3) is 0.154. The molecule has 3 nitrogen and oxygen atoms in total. The summed E-state index contributed by atoms with van der Waals surface area (Å²) in [5, 5.41) is 10.9. The van der Waals surface area contributed by atoms with Crippen LogP contribution in [0.3, 0.4) is 0 Å². The lowest BCUT2D eigenvalue weighted by Crippen LogP contribution is -2.08. The Bertz CT molecular complexity index is 569. The number of aryl methyl sites for hydroxylation is 1. The number of nitrogens with two attached hydrogens (primary N) is 1. The fourth-order valence-electron chi connectivity index (χ4n) is 1.83. The van der Waals surface area contributed by atoms with Crippen molar-refractivity contribution in [2.75, 3.05) is 5.73 Å². The molecule has 1 aromatic heterocycles. The van der Waals surface area contributed by atoms with Gasteiger partial charge in [0.05, 0.1) is 0 Å². The first-order valence-corrected chi connectivity index (χ1v) is 6.51. The van der Waals surface area contributed by atoms with Crippen LogP contribution in [0.1, 0.15) is 22.8 Å². The molecule has 0 fully saturated rings. The van der Waals surface area contributed by atoms with E-state index in [-0.39, 0.29) is 0 Å². The van der Waals surface area contributed by atoms with Gasteiger partial charge in [-0.25, -0.2) is 4.98 Å². The van der Waals surface area contributed by atoms with Crippen molar-refractivity contribution in [1.29, 1.82) is 0 Å². The number of aliphatic hydroxyl groups is 1. The molecule has 1 heterocycles. The molecular formula is C13H12BrClN2O. The number of benzene rings is 1. The Balaban J connectivity index is 2.54. The van der Waals surface area contributed by atoms with Crippen LogP contribution in [0, 0.1) is 6.92 Å². The van der Waals surface area contributed by atoms with E-state index in [1.54, 1.807) is 24.4 Å². The lowest BCUT2D eigenvalue weighted by Gasteiger charge is -2.17. The van der Waals surface area contributed by atoms with Gasteiger partial charge in [-0.3, -0.25) is 0 Å². The summed E-state index contributed by atoms with van der Waals surface area (Å²) in [5.41, 5.74) is 7.90. The first kappa shape index (κ1) is 13.3. The molecule has 94 valence electrons. The Morgan fingerprint density at radius 1 is 1.39 bits per heavy atom. The number of nitrogens with zero attached hydrogens (tertiary/aromatic N) is 1. The number of aliphatic hydroxyl groups excluding tert-OH is 1. The molecule has 0 radical (unpaired) electrons. The van der Waals surface area contributed by atoms with Gasteiger partial charge in [0.2, 0.25) is 0 Å². The number of hydrogen-bond acceptors (Lipinski definition) is 3. The Kier molecular flexibility index (Phi) is 3.90. The van der Waals surface area contributed by atoms with Crippen LogP contribution < -0.4 is 5.73 Å². The van der Waals surface area contributed by atoms with Crippen LogP contribution in [0.15, 0.2) is 34.9 Å². The SMILES string of the molecule is Cc1ccnc(N)c1C(O)c1cc(Br)ccc1Cl. The predicted octanol–water partition coefficient (Wildman–Crippen LogP) is 3.47. The van der Waals surface area contributed by atoms with Crippen LogP contribution in [-0.4, -0.2) is 10.1 Å². The predicted molar refractivity (Wildman–Crippen MR) is 76.6 cm³/mol. The molecule has 1 aromatic carbocycles. The zero-order chi connectivity index (χ0) is 13.3.